The predicted molar refractivity (Wildman–Crippen MR) is 238 cm³/mol. The van der Waals surface area contributed by atoms with E-state index in [0.717, 1.165) is 70.6 Å². The minimum Gasteiger partial charge on any atom is -0.479 e. The van der Waals surface area contributed by atoms with E-state index in [0.29, 0.717) is 12.8 Å². The highest BCUT2D eigenvalue weighted by atomic mass is 16.7. The molecule has 6 atom stereocenters. The van der Waals surface area contributed by atoms with Crippen molar-refractivity contribution in [3.8, 4) is 0 Å². The number of hydrogen-bond acceptors (Lipinski definition) is 10. The molecule has 4 N–H and O–H groups in total. The first-order chi connectivity index (χ1) is 29.2. The van der Waals surface area contributed by atoms with Gasteiger partial charge in [0.05, 0.1) is 6.61 Å². The van der Waals surface area contributed by atoms with Crippen LogP contribution in [0.25, 0.3) is 0 Å². The summed E-state index contributed by atoms with van der Waals surface area (Å²) < 4.78 is 21.7. The molecule has 1 aliphatic heterocycles. The van der Waals surface area contributed by atoms with Crippen molar-refractivity contribution in [2.75, 3.05) is 13.2 Å². The van der Waals surface area contributed by atoms with Crippen molar-refractivity contribution in [3.63, 3.8) is 0 Å². The molecule has 1 aliphatic rings. The summed E-state index contributed by atoms with van der Waals surface area (Å²) in [5.41, 5.74) is 0. The molecule has 342 valence electrons. The minimum atomic E-state index is -1.87. The summed E-state index contributed by atoms with van der Waals surface area (Å²) in [7, 11) is 0. The zero-order chi connectivity index (χ0) is 43.9. The Balaban J connectivity index is 2.39. The number of hydrogen-bond donors (Lipinski definition) is 4. The van der Waals surface area contributed by atoms with Crippen LogP contribution in [0.15, 0.2) is 72.9 Å². The number of rotatable bonds is 37. The lowest BCUT2D eigenvalue weighted by molar-refractivity contribution is -0.298. The third-order valence-electron chi connectivity index (χ3n) is 10.0. The van der Waals surface area contributed by atoms with Crippen LogP contribution in [0.5, 0.6) is 0 Å². The van der Waals surface area contributed by atoms with Crippen molar-refractivity contribution < 1.29 is 53.8 Å². The van der Waals surface area contributed by atoms with E-state index in [9.17, 15) is 34.8 Å². The van der Waals surface area contributed by atoms with Gasteiger partial charge in [-0.05, 0) is 83.5 Å². The third kappa shape index (κ3) is 29.8. The monoisotopic (exact) mass is 845 g/mol. The van der Waals surface area contributed by atoms with Crippen LogP contribution in [0.2, 0.25) is 0 Å². The summed E-state index contributed by atoms with van der Waals surface area (Å²) in [6, 6.07) is 0. The van der Waals surface area contributed by atoms with Gasteiger partial charge in [-0.3, -0.25) is 9.59 Å². The Bertz CT molecular complexity index is 1270. The highest BCUT2D eigenvalue weighted by molar-refractivity contribution is 5.73. The lowest BCUT2D eigenvalue weighted by Crippen LogP contribution is -2.60. The average molecular weight is 845 g/mol. The van der Waals surface area contributed by atoms with E-state index < -0.39 is 61.3 Å². The summed E-state index contributed by atoms with van der Waals surface area (Å²) in [4.78, 5) is 36.8. The van der Waals surface area contributed by atoms with Gasteiger partial charge in [0.25, 0.3) is 0 Å². The van der Waals surface area contributed by atoms with E-state index in [-0.39, 0.29) is 19.4 Å². The molecule has 1 fully saturated rings. The highest BCUT2D eigenvalue weighted by Gasteiger charge is 2.47. The Morgan fingerprint density at radius 3 is 1.52 bits per heavy atom. The van der Waals surface area contributed by atoms with Crippen molar-refractivity contribution in [1.29, 1.82) is 0 Å². The van der Waals surface area contributed by atoms with Crippen molar-refractivity contribution in [2.24, 2.45) is 0 Å². The first kappa shape index (κ1) is 54.7. The molecule has 0 aromatic heterocycles. The Morgan fingerprint density at radius 1 is 0.533 bits per heavy atom. The first-order valence-corrected chi connectivity index (χ1v) is 23.0. The van der Waals surface area contributed by atoms with Crippen LogP contribution < -0.4 is 0 Å². The molecule has 0 radical (unpaired) electrons. The SMILES string of the molecule is CC/C=C\C/C=C\C/C=C\C/C=C\CCCCC(=O)OCC(COC1OC(C(=O)O)C(O)C(O)C1O)OC(=O)CCCCCCCCCCC/C=C\C/C=C\CCCCC. The second kappa shape index (κ2) is 38.6. The number of aliphatic carboxylic acids is 1. The van der Waals surface area contributed by atoms with Crippen LogP contribution in [0.4, 0.5) is 0 Å². The Kier molecular flexibility index (Phi) is 35.1. The molecular weight excluding hydrogens is 765 g/mol. The Hall–Kier alpha value is -3.35. The first-order valence-electron chi connectivity index (χ1n) is 23.0. The predicted octanol–water partition coefficient (Wildman–Crippen LogP) is 10.1. The maximum atomic E-state index is 12.8. The van der Waals surface area contributed by atoms with Crippen LogP contribution in [0.3, 0.4) is 0 Å². The normalized spacial score (nSPS) is 20.4. The lowest BCUT2D eigenvalue weighted by Gasteiger charge is -2.38. The molecule has 1 rings (SSSR count). The van der Waals surface area contributed by atoms with E-state index in [4.69, 9.17) is 18.9 Å². The maximum Gasteiger partial charge on any atom is 0.335 e. The molecule has 0 aromatic carbocycles. The fourth-order valence-corrected chi connectivity index (χ4v) is 6.43. The highest BCUT2D eigenvalue weighted by Crippen LogP contribution is 2.23. The smallest absolute Gasteiger partial charge is 0.335 e. The molecule has 0 aromatic rings. The van der Waals surface area contributed by atoms with Gasteiger partial charge >= 0.3 is 17.9 Å². The summed E-state index contributed by atoms with van der Waals surface area (Å²) in [6.07, 6.45) is 39.5. The van der Waals surface area contributed by atoms with Crippen molar-refractivity contribution in [1.82, 2.24) is 0 Å². The number of esters is 2. The molecule has 60 heavy (non-hydrogen) atoms. The Morgan fingerprint density at radius 2 is 0.983 bits per heavy atom. The average Bonchev–Trinajstić information content (AvgIpc) is 3.23. The van der Waals surface area contributed by atoms with Crippen LogP contribution in [0.1, 0.15) is 168 Å². The quantitative estimate of drug-likeness (QED) is 0.0267. The third-order valence-corrected chi connectivity index (χ3v) is 10.0. The Labute approximate surface area is 361 Å². The summed E-state index contributed by atoms with van der Waals surface area (Å²) >= 11 is 0. The summed E-state index contributed by atoms with van der Waals surface area (Å²) in [5, 5.41) is 39.8. The molecular formula is C49H80O11. The van der Waals surface area contributed by atoms with Gasteiger partial charge in [0.1, 0.15) is 24.9 Å². The number of carboxylic acids is 1. The second-order valence-corrected chi connectivity index (χ2v) is 15.5. The number of aliphatic hydroxyl groups is 3. The van der Waals surface area contributed by atoms with Gasteiger partial charge in [0.2, 0.25) is 0 Å². The number of aliphatic hydroxyl groups excluding tert-OH is 3. The number of unbranched alkanes of at least 4 members (excludes halogenated alkanes) is 14. The second-order valence-electron chi connectivity index (χ2n) is 15.5. The van der Waals surface area contributed by atoms with E-state index in [1.807, 2.05) is 0 Å². The van der Waals surface area contributed by atoms with Crippen molar-refractivity contribution in [2.45, 2.75) is 205 Å². The molecule has 11 heteroatoms. The topological polar surface area (TPSA) is 169 Å². The number of carbonyl (C=O) groups excluding carboxylic acids is 2. The van der Waals surface area contributed by atoms with Gasteiger partial charge in [-0.25, -0.2) is 4.79 Å². The minimum absolute atomic E-state index is 0.165. The van der Waals surface area contributed by atoms with Crippen LogP contribution in [-0.2, 0) is 33.3 Å². The van der Waals surface area contributed by atoms with Gasteiger partial charge in [0, 0.05) is 12.8 Å². The lowest BCUT2D eigenvalue weighted by atomic mass is 9.99. The van der Waals surface area contributed by atoms with Gasteiger partial charge in [-0.1, -0.05) is 145 Å². The zero-order valence-electron chi connectivity index (χ0n) is 36.9. The molecule has 0 amide bonds. The number of carbonyl (C=O) groups is 3. The molecule has 6 unspecified atom stereocenters. The largest absolute Gasteiger partial charge is 0.479 e. The number of ether oxygens (including phenoxy) is 4. The fraction of sp³-hybridized carbons (Fsp3) is 0.694. The molecule has 1 heterocycles. The van der Waals surface area contributed by atoms with E-state index >= 15 is 0 Å². The van der Waals surface area contributed by atoms with Gasteiger partial charge < -0.3 is 39.4 Å². The van der Waals surface area contributed by atoms with Crippen LogP contribution in [0, 0.1) is 0 Å². The van der Waals surface area contributed by atoms with Crippen molar-refractivity contribution in [3.05, 3.63) is 72.9 Å². The van der Waals surface area contributed by atoms with Crippen LogP contribution in [-0.4, -0.2) is 88.4 Å². The van der Waals surface area contributed by atoms with Gasteiger partial charge in [0.15, 0.2) is 18.5 Å². The van der Waals surface area contributed by atoms with Crippen LogP contribution >= 0.6 is 0 Å². The molecule has 11 nitrogen and oxygen atoms in total. The van der Waals surface area contributed by atoms with E-state index in [1.165, 1.54) is 57.8 Å². The molecule has 0 aliphatic carbocycles. The summed E-state index contributed by atoms with van der Waals surface area (Å²) in [5.74, 6) is -2.51. The zero-order valence-corrected chi connectivity index (χ0v) is 36.9. The molecule has 0 bridgehead atoms. The summed E-state index contributed by atoms with van der Waals surface area (Å²) in [6.45, 7) is 3.63. The maximum absolute atomic E-state index is 12.8. The molecule has 0 spiro atoms. The number of carboxylic acid groups (broad SMARTS) is 1. The molecule has 0 saturated carbocycles. The standard InChI is InChI=1S/C49H80O11/c1-3-5-7-9-11-13-15-17-19-20-21-22-24-26-28-30-32-34-36-38-43(51)59-41(40-58-49-46(54)44(52)45(53)47(60-49)48(55)56)39-57-42(50)37-35-33-31-29-27-25-23-18-16-14-12-10-8-6-4-2/h6,8,11-14,17-19,23,27,29,41,44-47,49,52-54H,3-5,7,9-10,15-16,20-22,24-26,28,30-40H2,1-2H3,(H,55,56)/b8-6-,13-11-,14-12-,19-17-,23-18-,29-27-. The van der Waals surface area contributed by atoms with Crippen molar-refractivity contribution >= 4 is 17.9 Å². The van der Waals surface area contributed by atoms with Gasteiger partial charge in [-0.15, -0.1) is 0 Å². The van der Waals surface area contributed by atoms with Gasteiger partial charge in [-0.2, -0.15) is 0 Å². The molecule has 1 saturated heterocycles. The number of allylic oxidation sites excluding steroid dienone is 12. The fourth-order valence-electron chi connectivity index (χ4n) is 6.43. The van der Waals surface area contributed by atoms with E-state index in [2.05, 4.69) is 86.8 Å². The van der Waals surface area contributed by atoms with E-state index in [1.54, 1.807) is 0 Å².